The molecule has 0 saturated carbocycles. The van der Waals surface area contributed by atoms with Crippen molar-refractivity contribution < 1.29 is 0 Å². The van der Waals surface area contributed by atoms with Gasteiger partial charge in [0.15, 0.2) is 34.9 Å². The summed E-state index contributed by atoms with van der Waals surface area (Å²) in [6.07, 6.45) is 6.95. The highest BCUT2D eigenvalue weighted by atomic mass is 15.0. The van der Waals surface area contributed by atoms with E-state index in [1.807, 2.05) is 97.1 Å². The molecule has 0 unspecified atom stereocenters. The molecule has 2 aromatic heterocycles. The predicted molar refractivity (Wildman–Crippen MR) is 255 cm³/mol. The Kier molecular flexibility index (Phi) is 10.5. The van der Waals surface area contributed by atoms with Crippen LogP contribution < -0.4 is 0 Å². The first kappa shape index (κ1) is 38.9. The molecule has 0 saturated heterocycles. The molecule has 0 aliphatic heterocycles. The molecule has 0 spiro atoms. The van der Waals surface area contributed by atoms with Crippen LogP contribution in [0.4, 0.5) is 0 Å². The molecule has 9 aromatic rings. The lowest BCUT2D eigenvalue weighted by atomic mass is 9.66. The number of rotatable bonds is 10. The van der Waals surface area contributed by atoms with Crippen LogP contribution >= 0.6 is 0 Å². The SMILES string of the molecule is C=C/C=C(\C=C)c1nc(-c2ccccc2)nc(-c2ccc3c(c2)CCC(c2ccccc2)(c2ccccc2)c2cc(-c4nc(-c5ccccc5)nc(-c5ccccc5)n4)ccc2-3)n1. The highest BCUT2D eigenvalue weighted by Crippen LogP contribution is 2.51. The van der Waals surface area contributed by atoms with E-state index in [1.165, 1.54) is 22.3 Å². The van der Waals surface area contributed by atoms with Crippen LogP contribution in [0.3, 0.4) is 0 Å². The molecule has 2 heterocycles. The topological polar surface area (TPSA) is 77.3 Å². The van der Waals surface area contributed by atoms with Gasteiger partial charge in [-0.1, -0.05) is 207 Å². The third kappa shape index (κ3) is 7.49. The normalized spacial score (nSPS) is 13.0. The molecule has 10 rings (SSSR count). The third-order valence-corrected chi connectivity index (χ3v) is 11.8. The molecule has 1 aliphatic rings. The monoisotopic (exact) mass is 810 g/mol. The number of benzene rings is 7. The van der Waals surface area contributed by atoms with Gasteiger partial charge in [0.25, 0.3) is 0 Å². The summed E-state index contributed by atoms with van der Waals surface area (Å²) >= 11 is 0. The van der Waals surface area contributed by atoms with Crippen molar-refractivity contribution in [1.29, 1.82) is 0 Å². The largest absolute Gasteiger partial charge is 0.208 e. The van der Waals surface area contributed by atoms with E-state index >= 15 is 0 Å². The third-order valence-electron chi connectivity index (χ3n) is 11.8. The highest BCUT2D eigenvalue weighted by molar-refractivity contribution is 5.82. The van der Waals surface area contributed by atoms with Crippen molar-refractivity contribution in [2.75, 3.05) is 0 Å². The maximum absolute atomic E-state index is 5.16. The first-order valence-electron chi connectivity index (χ1n) is 21.1. The van der Waals surface area contributed by atoms with Gasteiger partial charge in [-0.05, 0) is 58.4 Å². The molecule has 0 N–H and O–H groups in total. The van der Waals surface area contributed by atoms with Crippen LogP contribution in [0.15, 0.2) is 219 Å². The van der Waals surface area contributed by atoms with E-state index < -0.39 is 5.41 Å². The van der Waals surface area contributed by atoms with Crippen molar-refractivity contribution >= 4 is 5.57 Å². The van der Waals surface area contributed by atoms with Gasteiger partial charge in [-0.15, -0.1) is 0 Å². The Morgan fingerprint density at radius 1 is 0.429 bits per heavy atom. The van der Waals surface area contributed by atoms with Crippen molar-refractivity contribution in [2.45, 2.75) is 18.3 Å². The maximum Gasteiger partial charge on any atom is 0.164 e. The summed E-state index contributed by atoms with van der Waals surface area (Å²) in [6.45, 7) is 7.96. The van der Waals surface area contributed by atoms with E-state index in [0.29, 0.717) is 34.9 Å². The molecule has 6 heteroatoms. The molecule has 63 heavy (non-hydrogen) atoms. The van der Waals surface area contributed by atoms with Gasteiger partial charge in [0.1, 0.15) is 0 Å². The average molecular weight is 811 g/mol. The number of hydrogen-bond donors (Lipinski definition) is 0. The molecule has 0 atom stereocenters. The summed E-state index contributed by atoms with van der Waals surface area (Å²) < 4.78 is 0. The van der Waals surface area contributed by atoms with Gasteiger partial charge in [-0.25, -0.2) is 29.9 Å². The minimum atomic E-state index is -0.528. The summed E-state index contributed by atoms with van der Waals surface area (Å²) in [6, 6.07) is 65.5. The van der Waals surface area contributed by atoms with E-state index in [4.69, 9.17) is 29.9 Å². The van der Waals surface area contributed by atoms with Gasteiger partial charge in [0, 0.05) is 38.8 Å². The lowest BCUT2D eigenvalue weighted by Crippen LogP contribution is -2.30. The lowest BCUT2D eigenvalue weighted by Gasteiger charge is -2.36. The predicted octanol–water partition coefficient (Wildman–Crippen LogP) is 13.1. The number of fused-ring (bicyclic) bond motifs is 3. The number of hydrogen-bond acceptors (Lipinski definition) is 6. The maximum atomic E-state index is 5.16. The van der Waals surface area contributed by atoms with Gasteiger partial charge >= 0.3 is 0 Å². The zero-order valence-electron chi connectivity index (χ0n) is 34.6. The fourth-order valence-corrected chi connectivity index (χ4v) is 8.79. The summed E-state index contributed by atoms with van der Waals surface area (Å²) in [4.78, 5) is 30.3. The first-order chi connectivity index (χ1) is 31.1. The summed E-state index contributed by atoms with van der Waals surface area (Å²) in [7, 11) is 0. The molecular weight excluding hydrogens is 769 g/mol. The molecule has 1 aliphatic carbocycles. The molecule has 0 radical (unpaired) electrons. The smallest absolute Gasteiger partial charge is 0.164 e. The van der Waals surface area contributed by atoms with Crippen molar-refractivity contribution in [3.05, 3.63) is 248 Å². The summed E-state index contributed by atoms with van der Waals surface area (Å²) in [5, 5.41) is 0. The van der Waals surface area contributed by atoms with E-state index in [1.54, 1.807) is 12.2 Å². The van der Waals surface area contributed by atoms with Crippen LogP contribution in [0.5, 0.6) is 0 Å². The second-order valence-electron chi connectivity index (χ2n) is 15.5. The first-order valence-corrected chi connectivity index (χ1v) is 21.1. The van der Waals surface area contributed by atoms with E-state index in [-0.39, 0.29) is 0 Å². The zero-order chi connectivity index (χ0) is 42.6. The fraction of sp³-hybridized carbons (Fsp3) is 0.0526. The molecule has 0 bridgehead atoms. The zero-order valence-corrected chi connectivity index (χ0v) is 34.6. The Balaban J connectivity index is 1.19. The Morgan fingerprint density at radius 3 is 1.32 bits per heavy atom. The van der Waals surface area contributed by atoms with E-state index in [2.05, 4.69) is 110 Å². The van der Waals surface area contributed by atoms with Crippen LogP contribution in [0, 0.1) is 0 Å². The van der Waals surface area contributed by atoms with Crippen molar-refractivity contribution in [2.24, 2.45) is 0 Å². The minimum Gasteiger partial charge on any atom is -0.208 e. The fourth-order valence-electron chi connectivity index (χ4n) is 8.79. The van der Waals surface area contributed by atoms with Crippen LogP contribution in [0.2, 0.25) is 0 Å². The number of nitrogens with zero attached hydrogens (tertiary/aromatic N) is 6. The second kappa shape index (κ2) is 17.0. The minimum absolute atomic E-state index is 0.528. The number of allylic oxidation sites excluding steroid dienone is 4. The van der Waals surface area contributed by atoms with E-state index in [0.717, 1.165) is 57.4 Å². The Bertz CT molecular complexity index is 3030. The highest BCUT2D eigenvalue weighted by Gasteiger charge is 2.40. The van der Waals surface area contributed by atoms with Gasteiger partial charge in [-0.3, -0.25) is 0 Å². The standard InChI is InChI=1S/C57H42N6/c1-3-20-39(4-2)51-58-52(40-21-10-5-11-22-40)61-55(59-51)44-31-33-48-43(37-44)35-36-57(46-27-16-8-17-28-46,47-29-18-9-19-30-47)50-38-45(32-34-49(48)50)56-62-53(41-23-12-6-13-24-41)60-54(63-56)42-25-14-7-15-26-42/h3-34,37-38H,1-2,35-36H2/b39-20+. The van der Waals surface area contributed by atoms with Crippen molar-refractivity contribution in [1.82, 2.24) is 29.9 Å². The van der Waals surface area contributed by atoms with Gasteiger partial charge in [0.05, 0.1) is 0 Å². The van der Waals surface area contributed by atoms with Crippen molar-refractivity contribution in [3.8, 4) is 68.1 Å². The van der Waals surface area contributed by atoms with Gasteiger partial charge in [0.2, 0.25) is 0 Å². The Labute approximate surface area is 367 Å². The van der Waals surface area contributed by atoms with Crippen molar-refractivity contribution in [3.63, 3.8) is 0 Å². The Morgan fingerprint density at radius 2 is 0.841 bits per heavy atom. The summed E-state index contributed by atoms with van der Waals surface area (Å²) in [5.41, 5.74) is 12.0. The molecule has 300 valence electrons. The molecule has 0 amide bonds. The summed E-state index contributed by atoms with van der Waals surface area (Å²) in [5.74, 6) is 3.59. The molecule has 6 nitrogen and oxygen atoms in total. The number of aryl methyl sites for hydroxylation is 1. The molecule has 0 fully saturated rings. The van der Waals surface area contributed by atoms with Crippen LogP contribution in [-0.4, -0.2) is 29.9 Å². The number of aromatic nitrogens is 6. The lowest BCUT2D eigenvalue weighted by molar-refractivity contribution is 0.566. The van der Waals surface area contributed by atoms with Gasteiger partial charge < -0.3 is 0 Å². The quantitative estimate of drug-likeness (QED) is 0.128. The van der Waals surface area contributed by atoms with E-state index in [9.17, 15) is 0 Å². The molecular formula is C57H42N6. The van der Waals surface area contributed by atoms with Crippen LogP contribution in [0.1, 0.15) is 34.5 Å². The van der Waals surface area contributed by atoms with Crippen LogP contribution in [0.25, 0.3) is 73.6 Å². The van der Waals surface area contributed by atoms with Crippen LogP contribution in [-0.2, 0) is 11.8 Å². The average Bonchev–Trinajstić information content (AvgIpc) is 3.51. The molecule has 7 aromatic carbocycles. The van der Waals surface area contributed by atoms with Gasteiger partial charge in [-0.2, -0.15) is 0 Å². The Hall–Kier alpha value is -8.22. The second-order valence-corrected chi connectivity index (χ2v) is 15.5.